The van der Waals surface area contributed by atoms with Crippen LogP contribution in [0.5, 0.6) is 11.5 Å². The van der Waals surface area contributed by atoms with E-state index in [1.807, 2.05) is 0 Å². The highest BCUT2D eigenvalue weighted by atomic mass is 35.5. The zero-order valence-corrected chi connectivity index (χ0v) is 8.21. The van der Waals surface area contributed by atoms with Crippen LogP contribution in [0.4, 0.5) is 0 Å². The molecule has 0 saturated carbocycles. The van der Waals surface area contributed by atoms with Gasteiger partial charge in [-0.2, -0.15) is 0 Å². The Morgan fingerprint density at radius 2 is 2.36 bits per heavy atom. The van der Waals surface area contributed by atoms with Gasteiger partial charge in [0.2, 0.25) is 5.78 Å². The van der Waals surface area contributed by atoms with Gasteiger partial charge in [0.1, 0.15) is 18.1 Å². The molecule has 1 aromatic rings. The standard InChI is InChI=1S/C10H9ClO3/c11-3-4-13-7-1-2-8-9(12)6-14-10(8)5-7/h1-2,5H,3-4,6H2. The van der Waals surface area contributed by atoms with Crippen LogP contribution in [0, 0.1) is 0 Å². The maximum atomic E-state index is 11.2. The average Bonchev–Trinajstić information content (AvgIpc) is 2.57. The molecule has 0 fully saturated rings. The molecule has 74 valence electrons. The predicted molar refractivity (Wildman–Crippen MR) is 52.5 cm³/mol. The summed E-state index contributed by atoms with van der Waals surface area (Å²) in [5, 5.41) is 0. The third kappa shape index (κ3) is 1.68. The number of benzene rings is 1. The molecule has 2 rings (SSSR count). The van der Waals surface area contributed by atoms with Gasteiger partial charge in [0.15, 0.2) is 6.61 Å². The molecule has 0 aromatic heterocycles. The van der Waals surface area contributed by atoms with Gasteiger partial charge in [-0.05, 0) is 12.1 Å². The molecular weight excluding hydrogens is 204 g/mol. The number of ketones is 1. The highest BCUT2D eigenvalue weighted by Gasteiger charge is 2.21. The van der Waals surface area contributed by atoms with Crippen molar-refractivity contribution in [1.82, 2.24) is 0 Å². The Morgan fingerprint density at radius 1 is 1.50 bits per heavy atom. The van der Waals surface area contributed by atoms with Gasteiger partial charge in [-0.15, -0.1) is 11.6 Å². The second kappa shape index (κ2) is 3.88. The Balaban J connectivity index is 2.19. The molecule has 0 aliphatic carbocycles. The van der Waals surface area contributed by atoms with Crippen molar-refractivity contribution in [2.75, 3.05) is 19.1 Å². The van der Waals surface area contributed by atoms with Crippen molar-refractivity contribution in [3.63, 3.8) is 0 Å². The Hall–Kier alpha value is -1.22. The first-order chi connectivity index (χ1) is 6.81. The van der Waals surface area contributed by atoms with E-state index in [1.165, 1.54) is 0 Å². The summed E-state index contributed by atoms with van der Waals surface area (Å²) in [4.78, 5) is 11.2. The lowest BCUT2D eigenvalue weighted by Crippen LogP contribution is -1.98. The summed E-state index contributed by atoms with van der Waals surface area (Å²) in [5.41, 5.74) is 0.628. The topological polar surface area (TPSA) is 35.5 Å². The lowest BCUT2D eigenvalue weighted by atomic mass is 10.1. The lowest BCUT2D eigenvalue weighted by molar-refractivity contribution is 0.0961. The molecule has 4 heteroatoms. The van der Waals surface area contributed by atoms with E-state index >= 15 is 0 Å². The highest BCUT2D eigenvalue weighted by Crippen LogP contribution is 2.29. The number of carbonyl (C=O) groups excluding carboxylic acids is 1. The molecule has 0 N–H and O–H groups in total. The third-order valence-electron chi connectivity index (χ3n) is 1.96. The van der Waals surface area contributed by atoms with Crippen molar-refractivity contribution in [3.05, 3.63) is 23.8 Å². The first-order valence-electron chi connectivity index (χ1n) is 4.30. The second-order valence-electron chi connectivity index (χ2n) is 2.91. The van der Waals surface area contributed by atoms with Crippen LogP contribution in [-0.2, 0) is 0 Å². The Bertz CT molecular complexity index is 362. The number of halogens is 1. The fraction of sp³-hybridized carbons (Fsp3) is 0.300. The van der Waals surface area contributed by atoms with Crippen LogP contribution >= 0.6 is 11.6 Å². The summed E-state index contributed by atoms with van der Waals surface area (Å²) in [6, 6.07) is 5.18. The van der Waals surface area contributed by atoms with E-state index in [2.05, 4.69) is 0 Å². The molecule has 0 bridgehead atoms. The molecule has 0 spiro atoms. The van der Waals surface area contributed by atoms with Crippen molar-refractivity contribution < 1.29 is 14.3 Å². The van der Waals surface area contributed by atoms with Gasteiger partial charge in [0, 0.05) is 6.07 Å². The number of alkyl halides is 1. The fourth-order valence-corrected chi connectivity index (χ4v) is 1.40. The van der Waals surface area contributed by atoms with E-state index in [4.69, 9.17) is 21.1 Å². The third-order valence-corrected chi connectivity index (χ3v) is 2.11. The minimum Gasteiger partial charge on any atom is -0.492 e. The monoisotopic (exact) mass is 212 g/mol. The molecule has 3 nitrogen and oxygen atoms in total. The summed E-state index contributed by atoms with van der Waals surface area (Å²) in [6.45, 7) is 0.586. The molecule has 0 unspecified atom stereocenters. The Morgan fingerprint density at radius 3 is 3.14 bits per heavy atom. The van der Waals surface area contributed by atoms with Gasteiger partial charge in [-0.25, -0.2) is 0 Å². The number of carbonyl (C=O) groups is 1. The molecule has 1 aliphatic rings. The summed E-state index contributed by atoms with van der Waals surface area (Å²) in [7, 11) is 0. The fourth-order valence-electron chi connectivity index (χ4n) is 1.32. The Labute approximate surface area is 86.6 Å². The lowest BCUT2D eigenvalue weighted by Gasteiger charge is -2.04. The number of rotatable bonds is 3. The SMILES string of the molecule is O=C1COc2cc(OCCCl)ccc21. The molecule has 0 radical (unpaired) electrons. The van der Waals surface area contributed by atoms with E-state index in [-0.39, 0.29) is 12.4 Å². The summed E-state index contributed by atoms with van der Waals surface area (Å²) < 4.78 is 10.5. The minimum atomic E-state index is 0.0175. The van der Waals surface area contributed by atoms with Crippen LogP contribution < -0.4 is 9.47 Å². The first-order valence-corrected chi connectivity index (χ1v) is 4.83. The molecule has 1 aliphatic heterocycles. The molecular formula is C10H9ClO3. The Kier molecular flexibility index (Phi) is 2.59. The molecule has 0 amide bonds. The number of ether oxygens (including phenoxy) is 2. The van der Waals surface area contributed by atoms with Crippen LogP contribution in [0.15, 0.2) is 18.2 Å². The van der Waals surface area contributed by atoms with E-state index in [1.54, 1.807) is 18.2 Å². The van der Waals surface area contributed by atoms with Crippen LogP contribution in [-0.4, -0.2) is 24.9 Å². The number of fused-ring (bicyclic) bond motifs is 1. The van der Waals surface area contributed by atoms with Gasteiger partial charge >= 0.3 is 0 Å². The highest BCUT2D eigenvalue weighted by molar-refractivity contribution is 6.18. The summed E-state index contributed by atoms with van der Waals surface area (Å²) in [6.07, 6.45) is 0. The van der Waals surface area contributed by atoms with Gasteiger partial charge < -0.3 is 9.47 Å². The van der Waals surface area contributed by atoms with Gasteiger partial charge in [0.25, 0.3) is 0 Å². The van der Waals surface area contributed by atoms with Crippen molar-refractivity contribution in [2.45, 2.75) is 0 Å². The summed E-state index contributed by atoms with van der Waals surface area (Å²) >= 11 is 5.48. The number of Topliss-reactive ketones (excluding diaryl/α,β-unsaturated/α-hetero) is 1. The minimum absolute atomic E-state index is 0.0175. The maximum absolute atomic E-state index is 11.2. The molecule has 14 heavy (non-hydrogen) atoms. The zero-order chi connectivity index (χ0) is 9.97. The predicted octanol–water partition coefficient (Wildman–Crippen LogP) is 1.88. The van der Waals surface area contributed by atoms with Gasteiger partial charge in [0.05, 0.1) is 11.4 Å². The molecule has 1 aromatic carbocycles. The van der Waals surface area contributed by atoms with Crippen LogP contribution in [0.1, 0.15) is 10.4 Å². The molecule has 1 heterocycles. The van der Waals surface area contributed by atoms with Crippen molar-refractivity contribution in [2.24, 2.45) is 0 Å². The van der Waals surface area contributed by atoms with E-state index in [0.717, 1.165) is 0 Å². The maximum Gasteiger partial charge on any atom is 0.203 e. The molecule has 0 saturated heterocycles. The zero-order valence-electron chi connectivity index (χ0n) is 7.46. The van der Waals surface area contributed by atoms with Crippen molar-refractivity contribution in [1.29, 1.82) is 0 Å². The van der Waals surface area contributed by atoms with Gasteiger partial charge in [-0.3, -0.25) is 4.79 Å². The van der Waals surface area contributed by atoms with Crippen LogP contribution in [0.3, 0.4) is 0 Å². The quantitative estimate of drug-likeness (QED) is 0.718. The normalized spacial score (nSPS) is 13.6. The van der Waals surface area contributed by atoms with Crippen molar-refractivity contribution in [3.8, 4) is 11.5 Å². The summed E-state index contributed by atoms with van der Waals surface area (Å²) in [5.74, 6) is 1.74. The second-order valence-corrected chi connectivity index (χ2v) is 3.29. The number of hydrogen-bond acceptors (Lipinski definition) is 3. The van der Waals surface area contributed by atoms with Gasteiger partial charge in [-0.1, -0.05) is 0 Å². The van der Waals surface area contributed by atoms with E-state index in [0.29, 0.717) is 29.5 Å². The van der Waals surface area contributed by atoms with E-state index in [9.17, 15) is 4.79 Å². The first kappa shape index (κ1) is 9.34. The smallest absolute Gasteiger partial charge is 0.203 e. The average molecular weight is 213 g/mol. The van der Waals surface area contributed by atoms with Crippen LogP contribution in [0.2, 0.25) is 0 Å². The number of hydrogen-bond donors (Lipinski definition) is 0. The van der Waals surface area contributed by atoms with E-state index < -0.39 is 0 Å². The molecule has 0 atom stereocenters. The van der Waals surface area contributed by atoms with Crippen LogP contribution in [0.25, 0.3) is 0 Å². The van der Waals surface area contributed by atoms with Crippen molar-refractivity contribution >= 4 is 17.4 Å². The largest absolute Gasteiger partial charge is 0.492 e.